The van der Waals surface area contributed by atoms with Crippen LogP contribution in [-0.4, -0.2) is 64.8 Å². The molecule has 204 valence electrons. The SMILES string of the molecule is Cc1nnc(C(C)(C)n2cc(-c3cc(C4CCC(O)CC4)n4nc(N[C@@H](C)COC(C)F)ncc34)cn2)o1. The number of halogens is 1. The van der Waals surface area contributed by atoms with Crippen molar-refractivity contribution >= 4 is 11.5 Å². The van der Waals surface area contributed by atoms with Crippen molar-refractivity contribution in [3.05, 3.63) is 42.1 Å². The average molecular weight is 527 g/mol. The maximum absolute atomic E-state index is 13.1. The summed E-state index contributed by atoms with van der Waals surface area (Å²) in [6.07, 6.45) is 7.26. The van der Waals surface area contributed by atoms with Crippen LogP contribution in [0, 0.1) is 6.92 Å². The molecule has 4 aromatic heterocycles. The van der Waals surface area contributed by atoms with Crippen LogP contribution in [0.25, 0.3) is 16.6 Å². The molecule has 1 unspecified atom stereocenters. The minimum Gasteiger partial charge on any atom is -0.423 e. The van der Waals surface area contributed by atoms with E-state index in [4.69, 9.17) is 14.3 Å². The van der Waals surface area contributed by atoms with E-state index in [1.807, 2.05) is 42.4 Å². The zero-order valence-electron chi connectivity index (χ0n) is 22.4. The van der Waals surface area contributed by atoms with Crippen molar-refractivity contribution in [3.8, 4) is 11.1 Å². The first-order valence-electron chi connectivity index (χ1n) is 13.1. The third kappa shape index (κ3) is 5.28. The molecule has 2 atom stereocenters. The van der Waals surface area contributed by atoms with Crippen LogP contribution in [0.15, 0.2) is 29.1 Å². The van der Waals surface area contributed by atoms with Crippen LogP contribution in [0.3, 0.4) is 0 Å². The summed E-state index contributed by atoms with van der Waals surface area (Å²) in [6.45, 7) is 9.15. The Hall–Kier alpha value is -3.38. The van der Waals surface area contributed by atoms with Crippen molar-refractivity contribution in [1.29, 1.82) is 0 Å². The van der Waals surface area contributed by atoms with Crippen LogP contribution in [0.1, 0.15) is 76.8 Å². The molecule has 4 heterocycles. The molecule has 0 spiro atoms. The van der Waals surface area contributed by atoms with Crippen molar-refractivity contribution in [2.75, 3.05) is 11.9 Å². The summed E-state index contributed by atoms with van der Waals surface area (Å²) in [5.41, 5.74) is 3.15. The van der Waals surface area contributed by atoms with Gasteiger partial charge in [-0.3, -0.25) is 4.68 Å². The topological polar surface area (TPSA) is 128 Å². The highest BCUT2D eigenvalue weighted by Gasteiger charge is 2.31. The fourth-order valence-corrected chi connectivity index (χ4v) is 4.92. The minimum atomic E-state index is -1.34. The molecule has 5 rings (SSSR count). The number of fused-ring (bicyclic) bond motifs is 1. The molecule has 4 aromatic rings. The lowest BCUT2D eigenvalue weighted by Gasteiger charge is -2.25. The van der Waals surface area contributed by atoms with E-state index in [1.54, 1.807) is 13.1 Å². The summed E-state index contributed by atoms with van der Waals surface area (Å²) in [7, 11) is 0. The second-order valence-corrected chi connectivity index (χ2v) is 10.6. The molecular formula is C26H35FN8O3. The van der Waals surface area contributed by atoms with Gasteiger partial charge < -0.3 is 19.6 Å². The highest BCUT2D eigenvalue weighted by Crippen LogP contribution is 2.38. The fraction of sp³-hybridized carbons (Fsp3) is 0.577. The Morgan fingerprint density at radius 3 is 2.66 bits per heavy atom. The maximum atomic E-state index is 13.1. The van der Waals surface area contributed by atoms with E-state index in [0.717, 1.165) is 48.0 Å². The Morgan fingerprint density at radius 1 is 1.21 bits per heavy atom. The van der Waals surface area contributed by atoms with Crippen LogP contribution >= 0.6 is 0 Å². The van der Waals surface area contributed by atoms with Gasteiger partial charge in [-0.25, -0.2) is 13.9 Å². The summed E-state index contributed by atoms with van der Waals surface area (Å²) < 4.78 is 27.6. The van der Waals surface area contributed by atoms with Gasteiger partial charge in [0, 0.05) is 41.9 Å². The lowest BCUT2D eigenvalue weighted by molar-refractivity contribution is -0.0268. The number of alkyl halides is 1. The second kappa shape index (κ2) is 10.4. The first kappa shape index (κ1) is 26.2. The predicted molar refractivity (Wildman–Crippen MR) is 138 cm³/mol. The van der Waals surface area contributed by atoms with Gasteiger partial charge in [-0.05, 0) is 59.4 Å². The Balaban J connectivity index is 1.50. The van der Waals surface area contributed by atoms with Gasteiger partial charge in [0.2, 0.25) is 17.7 Å². The van der Waals surface area contributed by atoms with Crippen LogP contribution in [-0.2, 0) is 10.3 Å². The molecule has 0 bridgehead atoms. The summed E-state index contributed by atoms with van der Waals surface area (Å²) in [6, 6.07) is 1.97. The van der Waals surface area contributed by atoms with Gasteiger partial charge in [0.05, 0.1) is 30.6 Å². The minimum absolute atomic E-state index is 0.178. The number of anilines is 1. The molecule has 1 fully saturated rings. The van der Waals surface area contributed by atoms with Gasteiger partial charge in [-0.1, -0.05) is 0 Å². The quantitative estimate of drug-likeness (QED) is 0.329. The number of nitrogens with zero attached hydrogens (tertiary/aromatic N) is 7. The maximum Gasteiger partial charge on any atom is 0.243 e. The molecule has 1 saturated carbocycles. The molecule has 0 amide bonds. The van der Waals surface area contributed by atoms with Gasteiger partial charge in [0.25, 0.3) is 0 Å². The van der Waals surface area contributed by atoms with Crippen molar-refractivity contribution < 1.29 is 18.7 Å². The van der Waals surface area contributed by atoms with Gasteiger partial charge in [0.15, 0.2) is 6.36 Å². The molecule has 0 saturated heterocycles. The average Bonchev–Trinajstić information content (AvgIpc) is 3.62. The van der Waals surface area contributed by atoms with Crippen molar-refractivity contribution in [3.63, 3.8) is 0 Å². The molecule has 38 heavy (non-hydrogen) atoms. The number of aliphatic hydroxyl groups is 1. The van der Waals surface area contributed by atoms with Gasteiger partial charge in [0.1, 0.15) is 5.54 Å². The molecule has 11 nitrogen and oxygen atoms in total. The van der Waals surface area contributed by atoms with Crippen LogP contribution in [0.2, 0.25) is 0 Å². The number of nitrogens with one attached hydrogen (secondary N) is 1. The zero-order chi connectivity index (χ0) is 27.0. The third-order valence-electron chi connectivity index (χ3n) is 7.13. The Morgan fingerprint density at radius 2 is 1.97 bits per heavy atom. The number of hydrogen-bond acceptors (Lipinski definition) is 9. The van der Waals surface area contributed by atoms with E-state index in [2.05, 4.69) is 31.7 Å². The molecule has 12 heteroatoms. The van der Waals surface area contributed by atoms with E-state index >= 15 is 0 Å². The van der Waals surface area contributed by atoms with Crippen molar-refractivity contribution in [1.82, 2.24) is 34.6 Å². The van der Waals surface area contributed by atoms with Crippen molar-refractivity contribution in [2.24, 2.45) is 0 Å². The van der Waals surface area contributed by atoms with Crippen LogP contribution in [0.4, 0.5) is 10.3 Å². The number of ether oxygens (including phenoxy) is 1. The molecular weight excluding hydrogens is 491 g/mol. The number of rotatable bonds is 9. The lowest BCUT2D eigenvalue weighted by atomic mass is 9.85. The zero-order valence-corrected chi connectivity index (χ0v) is 22.4. The first-order chi connectivity index (χ1) is 18.1. The molecule has 0 radical (unpaired) electrons. The molecule has 0 aliphatic heterocycles. The standard InChI is InChI=1S/C26H35FN8O3/c1-15(14-37-16(2)27)30-25-28-12-23-21(10-22(35(23)33-25)18-6-8-20(36)9-7-18)19-11-29-34(13-19)26(4,5)24-32-31-17(3)38-24/h10-13,15-16,18,20,36H,6-9,14H2,1-5H3,(H,30,33)/t15-,16?,18?,20?/m0/s1. The van der Waals surface area contributed by atoms with Gasteiger partial charge >= 0.3 is 0 Å². The normalized spacial score (nSPS) is 20.1. The Bertz CT molecular complexity index is 1390. The van der Waals surface area contributed by atoms with Gasteiger partial charge in [-0.2, -0.15) is 5.10 Å². The Kier molecular flexibility index (Phi) is 7.19. The third-order valence-corrected chi connectivity index (χ3v) is 7.13. The summed E-state index contributed by atoms with van der Waals surface area (Å²) in [5.74, 6) is 1.67. The monoisotopic (exact) mass is 526 g/mol. The van der Waals surface area contributed by atoms with E-state index in [1.165, 1.54) is 6.92 Å². The molecule has 0 aromatic carbocycles. The summed E-state index contributed by atoms with van der Waals surface area (Å²) in [4.78, 5) is 4.54. The van der Waals surface area contributed by atoms with E-state index in [9.17, 15) is 9.50 Å². The predicted octanol–water partition coefficient (Wildman–Crippen LogP) is 4.22. The van der Waals surface area contributed by atoms with E-state index < -0.39 is 11.9 Å². The number of aromatic nitrogens is 7. The second-order valence-electron chi connectivity index (χ2n) is 10.6. The van der Waals surface area contributed by atoms with Gasteiger partial charge in [-0.15, -0.1) is 15.3 Å². The Labute approximate surface area is 220 Å². The number of aliphatic hydroxyl groups excluding tert-OH is 1. The summed E-state index contributed by atoms with van der Waals surface area (Å²) >= 11 is 0. The van der Waals surface area contributed by atoms with E-state index in [0.29, 0.717) is 17.7 Å². The number of aryl methyl sites for hydroxylation is 1. The first-order valence-corrected chi connectivity index (χ1v) is 13.1. The summed E-state index contributed by atoms with van der Waals surface area (Å²) in [5, 5.41) is 30.9. The van der Waals surface area contributed by atoms with Crippen LogP contribution < -0.4 is 5.32 Å². The smallest absolute Gasteiger partial charge is 0.243 e. The number of hydrogen-bond donors (Lipinski definition) is 2. The highest BCUT2D eigenvalue weighted by atomic mass is 19.1. The van der Waals surface area contributed by atoms with E-state index in [-0.39, 0.29) is 24.7 Å². The molecule has 1 aliphatic rings. The lowest BCUT2D eigenvalue weighted by Crippen LogP contribution is -2.28. The highest BCUT2D eigenvalue weighted by molar-refractivity contribution is 5.81. The molecule has 1 aliphatic carbocycles. The van der Waals surface area contributed by atoms with Crippen LogP contribution in [0.5, 0.6) is 0 Å². The molecule has 2 N–H and O–H groups in total. The van der Waals surface area contributed by atoms with Crippen molar-refractivity contribution in [2.45, 2.75) is 90.3 Å². The largest absolute Gasteiger partial charge is 0.423 e. The fourth-order valence-electron chi connectivity index (χ4n) is 4.92.